The van der Waals surface area contributed by atoms with Crippen molar-refractivity contribution in [3.8, 4) is 33.9 Å². The Hall–Kier alpha value is -10.2. The van der Waals surface area contributed by atoms with Crippen molar-refractivity contribution in [1.29, 1.82) is 0 Å². The smallest absolute Gasteiger partial charge is 0.0541 e. The summed E-state index contributed by atoms with van der Waals surface area (Å²) in [7, 11) is 0. The Balaban J connectivity index is 0.518. The first kappa shape index (κ1) is 73.6. The Labute approximate surface area is 660 Å². The lowest BCUT2D eigenvalue weighted by atomic mass is 9.69. The van der Waals surface area contributed by atoms with Crippen molar-refractivity contribution < 1.29 is 0 Å². The number of hydrogen-bond donors (Lipinski definition) is 0. The summed E-state index contributed by atoms with van der Waals surface area (Å²) in [5.74, 6) is 0. The fourth-order valence-electron chi connectivity index (χ4n) is 20.0. The van der Waals surface area contributed by atoms with Crippen LogP contribution in [0.5, 0.6) is 0 Å². The zero-order chi connectivity index (χ0) is 75.0. The van der Waals surface area contributed by atoms with Gasteiger partial charge < -0.3 is 18.3 Å². The van der Waals surface area contributed by atoms with Crippen molar-refractivity contribution in [3.05, 3.63) is 299 Å². The number of aryl methyl sites for hydroxylation is 6. The number of para-hydroxylation sites is 6. The van der Waals surface area contributed by atoms with Crippen LogP contribution in [0.1, 0.15) is 225 Å². The van der Waals surface area contributed by atoms with Crippen LogP contribution in [-0.2, 0) is 31.1 Å². The van der Waals surface area contributed by atoms with Crippen molar-refractivity contribution in [1.82, 2.24) is 18.3 Å². The number of hydrogen-bond acceptors (Lipinski definition) is 0. The SMILES string of the molecule is CCCCCCCCC1(CCCCCCCC)c2cc(CCCCCCCCc3ccc4c(c3)c3ccccc3n4-c3ccc(-n4c5ccccc5c5ccccc54)cc3)c(C)cc2-c2cc(C)c(CCCCCCCCc3ccc4c(c3)c3ccccc3n4-c3ccc(-n4c5ccccc5c5ccccc54)cc3)cc21. The highest BCUT2D eigenvalue weighted by atomic mass is 15.0. The van der Waals surface area contributed by atoms with E-state index in [9.17, 15) is 0 Å². The molecule has 4 nitrogen and oxygen atoms in total. The third kappa shape index (κ3) is 14.8. The molecule has 0 atom stereocenters. The molecule has 562 valence electrons. The van der Waals surface area contributed by atoms with Gasteiger partial charge in [-0.05, 0) is 243 Å². The summed E-state index contributed by atoms with van der Waals surface area (Å²) in [4.78, 5) is 0. The molecule has 0 N–H and O–H groups in total. The summed E-state index contributed by atoms with van der Waals surface area (Å²) in [6, 6.07) is 97.0. The highest BCUT2D eigenvalue weighted by Crippen LogP contribution is 2.56. The third-order valence-electron chi connectivity index (χ3n) is 25.9. The molecule has 0 amide bonds. The van der Waals surface area contributed by atoms with Gasteiger partial charge in [-0.3, -0.25) is 0 Å². The highest BCUT2D eigenvalue weighted by Gasteiger charge is 2.43. The normalized spacial score (nSPS) is 12.8. The second-order valence-corrected chi connectivity index (χ2v) is 33.2. The maximum absolute atomic E-state index is 2.79. The fraction of sp³-hybridized carbons (Fsp3) is 0.327. The van der Waals surface area contributed by atoms with Crippen LogP contribution in [0.3, 0.4) is 0 Å². The lowest BCUT2D eigenvalue weighted by Gasteiger charge is -2.34. The van der Waals surface area contributed by atoms with Gasteiger partial charge in [0, 0.05) is 71.3 Å². The maximum Gasteiger partial charge on any atom is 0.0541 e. The molecule has 0 saturated carbocycles. The van der Waals surface area contributed by atoms with Gasteiger partial charge in [-0.1, -0.05) is 288 Å². The number of nitrogens with zero attached hydrogens (tertiary/aromatic N) is 4. The number of aromatic nitrogens is 4. The summed E-state index contributed by atoms with van der Waals surface area (Å²) < 4.78 is 9.75. The average Bonchev–Trinajstić information content (AvgIpc) is 1.57. The predicted molar refractivity (Wildman–Crippen MR) is 479 cm³/mol. The van der Waals surface area contributed by atoms with Gasteiger partial charge in [0.1, 0.15) is 0 Å². The van der Waals surface area contributed by atoms with Gasteiger partial charge in [0.2, 0.25) is 0 Å². The van der Waals surface area contributed by atoms with Gasteiger partial charge >= 0.3 is 0 Å². The molecule has 0 fully saturated rings. The topological polar surface area (TPSA) is 19.7 Å². The molecule has 111 heavy (non-hydrogen) atoms. The van der Waals surface area contributed by atoms with Gasteiger partial charge in [0.15, 0.2) is 0 Å². The quantitative estimate of drug-likeness (QED) is 0.0349. The van der Waals surface area contributed by atoms with E-state index in [1.807, 2.05) is 0 Å². The van der Waals surface area contributed by atoms with Crippen LogP contribution in [-0.4, -0.2) is 18.3 Å². The first-order valence-corrected chi connectivity index (χ1v) is 43.4. The Morgan fingerprint density at radius 1 is 0.225 bits per heavy atom. The van der Waals surface area contributed by atoms with Gasteiger partial charge in [-0.15, -0.1) is 0 Å². The van der Waals surface area contributed by atoms with E-state index in [0.29, 0.717) is 0 Å². The van der Waals surface area contributed by atoms with Gasteiger partial charge in [-0.25, -0.2) is 0 Å². The number of benzene rings is 12. The molecule has 0 unspecified atom stereocenters. The van der Waals surface area contributed by atoms with Crippen molar-refractivity contribution in [2.75, 3.05) is 0 Å². The standard InChI is InChI=1S/C107H114N4/c1-5-7-9-11-21-39-69-107(70-40-22-12-10-8-6-2)97-75-81(43-25-19-15-13-17-23-41-79-57-67-105-95(73-79)91-49-31-37-55-103(91)110(105)85-63-59-83(60-64-85)108-99-51-33-27-45-87(99)88-46-28-34-52-100(88)108)77(3)71-93(97)94-72-78(4)82(76-98(94)107)44-26-20-16-14-18-24-42-80-58-68-106-96(74-80)92-50-32-38-56-104(92)111(106)86-65-61-84(62-66-86)109-101-53-35-29-47-89(101)90-48-30-36-54-102(90)109/h27-38,45-68,71-76H,5-26,39-44,69-70H2,1-4H3. The van der Waals surface area contributed by atoms with Crippen LogP contribution < -0.4 is 0 Å². The summed E-state index contributed by atoms with van der Waals surface area (Å²) in [6.07, 6.45) is 38.8. The van der Waals surface area contributed by atoms with E-state index in [-0.39, 0.29) is 5.41 Å². The maximum atomic E-state index is 2.79. The second kappa shape index (κ2) is 33.8. The zero-order valence-corrected chi connectivity index (χ0v) is 66.8. The Morgan fingerprint density at radius 3 is 0.784 bits per heavy atom. The van der Waals surface area contributed by atoms with Crippen LogP contribution >= 0.6 is 0 Å². The predicted octanol–water partition coefficient (Wildman–Crippen LogP) is 30.7. The molecule has 4 heterocycles. The minimum absolute atomic E-state index is 0.0962. The molecular formula is C107H114N4. The first-order chi connectivity index (χ1) is 54.8. The molecule has 4 heteroatoms. The van der Waals surface area contributed by atoms with E-state index in [1.54, 1.807) is 33.4 Å². The molecular weight excluding hydrogens is 1340 g/mol. The van der Waals surface area contributed by atoms with Crippen LogP contribution in [0.25, 0.3) is 121 Å². The van der Waals surface area contributed by atoms with E-state index in [0.717, 1.165) is 12.8 Å². The molecule has 0 bridgehead atoms. The van der Waals surface area contributed by atoms with E-state index in [4.69, 9.17) is 0 Å². The highest BCUT2D eigenvalue weighted by molar-refractivity contribution is 6.12. The summed E-state index contributed by atoms with van der Waals surface area (Å²) in [6.45, 7) is 9.59. The molecule has 0 saturated heterocycles. The molecule has 1 aliphatic carbocycles. The Morgan fingerprint density at radius 2 is 0.477 bits per heavy atom. The van der Waals surface area contributed by atoms with E-state index in [1.165, 1.54) is 312 Å². The lowest BCUT2D eigenvalue weighted by Crippen LogP contribution is -2.26. The summed E-state index contributed by atoms with van der Waals surface area (Å²) in [5.41, 5.74) is 30.5. The molecule has 17 rings (SSSR count). The number of fused-ring (bicyclic) bond motifs is 15. The average molecular weight is 1460 g/mol. The first-order valence-electron chi connectivity index (χ1n) is 43.4. The molecule has 0 spiro atoms. The lowest BCUT2D eigenvalue weighted by molar-refractivity contribution is 0.397. The number of rotatable bonds is 36. The van der Waals surface area contributed by atoms with E-state index < -0.39 is 0 Å². The monoisotopic (exact) mass is 1450 g/mol. The summed E-state index contributed by atoms with van der Waals surface area (Å²) >= 11 is 0. The Bertz CT molecular complexity index is 5450. The van der Waals surface area contributed by atoms with Crippen molar-refractivity contribution in [2.45, 2.75) is 226 Å². The minimum Gasteiger partial charge on any atom is -0.309 e. The molecule has 0 aliphatic heterocycles. The molecule has 0 radical (unpaired) electrons. The van der Waals surface area contributed by atoms with Crippen molar-refractivity contribution >= 4 is 87.2 Å². The zero-order valence-electron chi connectivity index (χ0n) is 66.8. The fourth-order valence-corrected chi connectivity index (χ4v) is 20.0. The Kier molecular flexibility index (Phi) is 22.4. The van der Waals surface area contributed by atoms with Crippen LogP contribution in [0.4, 0.5) is 0 Å². The van der Waals surface area contributed by atoms with Crippen LogP contribution in [0.2, 0.25) is 0 Å². The van der Waals surface area contributed by atoms with Gasteiger partial charge in [0.05, 0.1) is 44.1 Å². The summed E-state index contributed by atoms with van der Waals surface area (Å²) in [5, 5.41) is 10.5. The minimum atomic E-state index is 0.0962. The largest absolute Gasteiger partial charge is 0.309 e. The van der Waals surface area contributed by atoms with Crippen molar-refractivity contribution in [3.63, 3.8) is 0 Å². The van der Waals surface area contributed by atoms with Crippen molar-refractivity contribution in [2.24, 2.45) is 0 Å². The van der Waals surface area contributed by atoms with Gasteiger partial charge in [-0.2, -0.15) is 0 Å². The molecule has 12 aromatic carbocycles. The number of unbranched alkanes of at least 4 members (excludes halogenated alkanes) is 20. The molecule has 16 aromatic rings. The van der Waals surface area contributed by atoms with Crippen LogP contribution in [0, 0.1) is 13.8 Å². The van der Waals surface area contributed by atoms with Gasteiger partial charge in [0.25, 0.3) is 0 Å². The van der Waals surface area contributed by atoms with E-state index in [2.05, 4.69) is 301 Å². The van der Waals surface area contributed by atoms with Crippen LogP contribution in [0.15, 0.2) is 255 Å². The molecule has 1 aliphatic rings. The van der Waals surface area contributed by atoms with E-state index >= 15 is 0 Å². The molecule has 4 aromatic heterocycles. The second-order valence-electron chi connectivity index (χ2n) is 33.2. The third-order valence-corrected chi connectivity index (χ3v) is 25.9.